The summed E-state index contributed by atoms with van der Waals surface area (Å²) in [6, 6.07) is 7.77. The minimum Gasteiger partial charge on any atom is -0.444 e. The first kappa shape index (κ1) is 30.6. The summed E-state index contributed by atoms with van der Waals surface area (Å²) in [7, 11) is 0. The lowest BCUT2D eigenvalue weighted by Gasteiger charge is -2.33. The van der Waals surface area contributed by atoms with Crippen molar-refractivity contribution in [2.75, 3.05) is 26.2 Å². The molecule has 1 aromatic heterocycles. The number of nitrogens with zero attached hydrogens (tertiary/aromatic N) is 4. The van der Waals surface area contributed by atoms with Crippen LogP contribution in [0.3, 0.4) is 0 Å². The highest BCUT2D eigenvalue weighted by Gasteiger charge is 2.39. The van der Waals surface area contributed by atoms with Gasteiger partial charge in [-0.2, -0.15) is 0 Å². The second kappa shape index (κ2) is 12.1. The summed E-state index contributed by atoms with van der Waals surface area (Å²) in [6.07, 6.45) is 7.20. The third kappa shape index (κ3) is 7.22. The first-order valence-electron chi connectivity index (χ1n) is 15.4. The number of aromatic amines is 1. The molecule has 2 unspecified atom stereocenters. The fraction of sp³-hybridized carbons (Fsp3) is 0.576. The number of H-pyrrole nitrogens is 1. The monoisotopic (exact) mass is 591 g/mol. The van der Waals surface area contributed by atoms with E-state index in [2.05, 4.69) is 40.3 Å². The maximum absolute atomic E-state index is 13.4. The smallest absolute Gasteiger partial charge is 0.410 e. The molecule has 10 nitrogen and oxygen atoms in total. The number of hydrogen-bond donors (Lipinski definition) is 1. The molecule has 3 aliphatic rings. The van der Waals surface area contributed by atoms with Gasteiger partial charge in [0.2, 0.25) is 5.91 Å². The van der Waals surface area contributed by atoms with Crippen molar-refractivity contribution in [1.29, 1.82) is 0 Å². The third-order valence-electron chi connectivity index (χ3n) is 8.05. The van der Waals surface area contributed by atoms with Crippen LogP contribution < -0.4 is 0 Å². The molecule has 10 heteroatoms. The second-order valence-electron chi connectivity index (χ2n) is 13.7. The van der Waals surface area contributed by atoms with E-state index in [-0.39, 0.29) is 18.0 Å². The zero-order valence-electron chi connectivity index (χ0n) is 26.3. The molecule has 0 spiro atoms. The van der Waals surface area contributed by atoms with Crippen molar-refractivity contribution < 1.29 is 23.9 Å². The van der Waals surface area contributed by atoms with Gasteiger partial charge in [-0.25, -0.2) is 14.6 Å². The van der Waals surface area contributed by atoms with Crippen molar-refractivity contribution in [1.82, 2.24) is 24.7 Å². The van der Waals surface area contributed by atoms with E-state index < -0.39 is 23.3 Å². The van der Waals surface area contributed by atoms with E-state index in [1.807, 2.05) is 52.6 Å². The Hall–Kier alpha value is -3.82. The number of imidazole rings is 1. The quantitative estimate of drug-likeness (QED) is 0.456. The molecule has 2 aromatic rings. The number of aromatic nitrogens is 2. The Kier molecular flexibility index (Phi) is 8.58. The average molecular weight is 592 g/mol. The normalized spacial score (nSPS) is 21.2. The molecule has 1 aromatic carbocycles. The predicted octanol–water partition coefficient (Wildman–Crippen LogP) is 6.16. The van der Waals surface area contributed by atoms with E-state index >= 15 is 0 Å². The maximum atomic E-state index is 13.4. The maximum Gasteiger partial charge on any atom is 0.410 e. The third-order valence-corrected chi connectivity index (χ3v) is 8.05. The molecule has 2 fully saturated rings. The number of rotatable bonds is 4. The summed E-state index contributed by atoms with van der Waals surface area (Å²) in [5.74, 6) is 0.770. The zero-order valence-corrected chi connectivity index (χ0v) is 26.3. The topological polar surface area (TPSA) is 108 Å². The van der Waals surface area contributed by atoms with Crippen LogP contribution in [-0.4, -0.2) is 86.2 Å². The van der Waals surface area contributed by atoms with Gasteiger partial charge in [0.05, 0.1) is 17.9 Å². The van der Waals surface area contributed by atoms with Gasteiger partial charge in [0, 0.05) is 26.2 Å². The van der Waals surface area contributed by atoms with Crippen molar-refractivity contribution in [3.63, 3.8) is 0 Å². The number of amides is 3. The first-order valence-corrected chi connectivity index (χ1v) is 15.4. The average Bonchev–Trinajstić information content (AvgIpc) is 3.71. The van der Waals surface area contributed by atoms with Gasteiger partial charge in [-0.05, 0) is 90.3 Å². The lowest BCUT2D eigenvalue weighted by Crippen LogP contribution is -2.49. The second-order valence-corrected chi connectivity index (χ2v) is 13.7. The van der Waals surface area contributed by atoms with Crippen molar-refractivity contribution in [2.45, 2.75) is 96.9 Å². The number of hydrogen-bond acceptors (Lipinski definition) is 6. The van der Waals surface area contributed by atoms with Gasteiger partial charge >= 0.3 is 12.2 Å². The van der Waals surface area contributed by atoms with Gasteiger partial charge in [0.1, 0.15) is 23.1 Å². The molecule has 232 valence electrons. The molecule has 4 heterocycles. The molecular weight excluding hydrogens is 546 g/mol. The Morgan fingerprint density at radius 3 is 2.07 bits per heavy atom. The molecule has 2 saturated heterocycles. The van der Waals surface area contributed by atoms with Gasteiger partial charge < -0.3 is 19.4 Å². The summed E-state index contributed by atoms with van der Waals surface area (Å²) in [5.41, 5.74) is 3.11. The molecule has 3 aliphatic heterocycles. The van der Waals surface area contributed by atoms with Crippen LogP contribution in [0.4, 0.5) is 9.59 Å². The largest absolute Gasteiger partial charge is 0.444 e. The predicted molar refractivity (Wildman–Crippen MR) is 164 cm³/mol. The van der Waals surface area contributed by atoms with Crippen LogP contribution in [0.25, 0.3) is 16.8 Å². The minimum absolute atomic E-state index is 0.00319. The molecular formula is C33H45N5O5. The van der Waals surface area contributed by atoms with E-state index in [0.717, 1.165) is 48.3 Å². The Bertz CT molecular complexity index is 1370. The Morgan fingerprint density at radius 1 is 0.837 bits per heavy atom. The van der Waals surface area contributed by atoms with E-state index in [1.54, 1.807) is 9.80 Å². The van der Waals surface area contributed by atoms with Crippen molar-refractivity contribution >= 4 is 23.7 Å². The van der Waals surface area contributed by atoms with Crippen LogP contribution in [0.15, 0.2) is 36.5 Å². The summed E-state index contributed by atoms with van der Waals surface area (Å²) >= 11 is 0. The van der Waals surface area contributed by atoms with E-state index in [1.165, 1.54) is 5.57 Å². The number of carbonyl (C=O) groups is 3. The Labute approximate surface area is 254 Å². The van der Waals surface area contributed by atoms with Crippen LogP contribution in [0.5, 0.6) is 0 Å². The lowest BCUT2D eigenvalue weighted by molar-refractivity contribution is -0.135. The standard InChI is InChI=1S/C33H45N5O5/c1-32(2,3)42-30(40)37-17-7-9-26(37)28-34-21-25(35-28)24-13-11-22(12-14-24)23-15-19-36(20-16-23)29(39)27-10-8-18-38(27)31(41)43-33(4,5)6/h11-15,21,26-27H,7-10,16-20H2,1-6H3,(H,34,35). The highest BCUT2D eigenvalue weighted by molar-refractivity contribution is 5.87. The number of benzene rings is 1. The molecule has 2 atom stereocenters. The number of nitrogens with one attached hydrogen (secondary N) is 1. The highest BCUT2D eigenvalue weighted by Crippen LogP contribution is 2.33. The van der Waals surface area contributed by atoms with Crippen molar-refractivity contribution in [3.8, 4) is 11.3 Å². The van der Waals surface area contributed by atoms with Gasteiger partial charge in [-0.3, -0.25) is 14.6 Å². The van der Waals surface area contributed by atoms with Crippen LogP contribution in [0, 0.1) is 0 Å². The molecule has 43 heavy (non-hydrogen) atoms. The fourth-order valence-corrected chi connectivity index (χ4v) is 6.01. The number of ether oxygens (including phenoxy) is 2. The summed E-state index contributed by atoms with van der Waals surface area (Å²) < 4.78 is 11.1. The van der Waals surface area contributed by atoms with Crippen LogP contribution in [0.2, 0.25) is 0 Å². The molecule has 5 rings (SSSR count). The molecule has 1 N–H and O–H groups in total. The van der Waals surface area contributed by atoms with E-state index in [9.17, 15) is 14.4 Å². The molecule has 3 amide bonds. The van der Waals surface area contributed by atoms with E-state index in [4.69, 9.17) is 9.47 Å². The van der Waals surface area contributed by atoms with E-state index in [0.29, 0.717) is 32.6 Å². The molecule has 0 bridgehead atoms. The number of likely N-dealkylation sites (tertiary alicyclic amines) is 2. The summed E-state index contributed by atoms with van der Waals surface area (Å²) in [6.45, 7) is 13.5. The highest BCUT2D eigenvalue weighted by atomic mass is 16.6. The fourth-order valence-electron chi connectivity index (χ4n) is 6.01. The van der Waals surface area contributed by atoms with Crippen LogP contribution in [0.1, 0.15) is 91.1 Å². The first-order chi connectivity index (χ1) is 20.3. The molecule has 0 radical (unpaired) electrons. The van der Waals surface area contributed by atoms with Crippen LogP contribution >= 0.6 is 0 Å². The van der Waals surface area contributed by atoms with Gasteiger partial charge in [0.15, 0.2) is 0 Å². The summed E-state index contributed by atoms with van der Waals surface area (Å²) in [5, 5.41) is 0. The Morgan fingerprint density at radius 2 is 1.44 bits per heavy atom. The SMILES string of the molecule is CC(C)(C)OC(=O)N1CCCC1C(=O)N1CC=C(c2ccc(-c3cnc(C4CCCN4C(=O)OC(C)(C)C)[nH]3)cc2)CC1. The van der Waals surface area contributed by atoms with Gasteiger partial charge in [-0.15, -0.1) is 0 Å². The van der Waals surface area contributed by atoms with Crippen molar-refractivity contribution in [2.24, 2.45) is 0 Å². The molecule has 0 aliphatic carbocycles. The summed E-state index contributed by atoms with van der Waals surface area (Å²) in [4.78, 5) is 52.0. The lowest BCUT2D eigenvalue weighted by atomic mass is 9.97. The minimum atomic E-state index is -0.593. The number of carbonyl (C=O) groups excluding carboxylic acids is 3. The van der Waals surface area contributed by atoms with Crippen molar-refractivity contribution in [3.05, 3.63) is 47.9 Å². The van der Waals surface area contributed by atoms with Gasteiger partial charge in [0.25, 0.3) is 0 Å². The Balaban J connectivity index is 1.20. The van der Waals surface area contributed by atoms with Crippen LogP contribution in [-0.2, 0) is 14.3 Å². The zero-order chi connectivity index (χ0) is 30.9. The van der Waals surface area contributed by atoms with Gasteiger partial charge in [-0.1, -0.05) is 30.3 Å². The molecule has 0 saturated carbocycles.